The van der Waals surface area contributed by atoms with Crippen molar-refractivity contribution in [2.24, 2.45) is 0 Å². The minimum absolute atomic E-state index is 0.165. The third kappa shape index (κ3) is 3.05. The maximum Gasteiger partial charge on any atom is 0.321 e. The number of nitrogens with one attached hydrogen (secondary N) is 1. The molecular formula is C17H16N2O2. The normalized spacial score (nSPS) is 10.5. The highest BCUT2D eigenvalue weighted by Crippen LogP contribution is 2.19. The first-order valence-corrected chi connectivity index (χ1v) is 6.77. The fraction of sp³-hybridized carbons (Fsp3) is 0.118. The number of para-hydroxylation sites is 2. The van der Waals surface area contributed by atoms with Gasteiger partial charge in [-0.3, -0.25) is 0 Å². The molecule has 21 heavy (non-hydrogen) atoms. The van der Waals surface area contributed by atoms with Crippen molar-refractivity contribution >= 4 is 22.7 Å². The van der Waals surface area contributed by atoms with Crippen LogP contribution in [0.15, 0.2) is 65.1 Å². The Morgan fingerprint density at radius 3 is 2.57 bits per heavy atom. The molecule has 0 aliphatic carbocycles. The van der Waals surface area contributed by atoms with E-state index in [1.165, 1.54) is 0 Å². The Kier molecular flexibility index (Phi) is 3.60. The second-order valence-electron chi connectivity index (χ2n) is 4.90. The van der Waals surface area contributed by atoms with Gasteiger partial charge in [-0.25, -0.2) is 4.79 Å². The van der Waals surface area contributed by atoms with Gasteiger partial charge in [0.2, 0.25) is 0 Å². The topological polar surface area (TPSA) is 45.5 Å². The summed E-state index contributed by atoms with van der Waals surface area (Å²) in [5.41, 5.74) is 1.61. The summed E-state index contributed by atoms with van der Waals surface area (Å²) in [6.45, 7) is 0.424. The molecule has 0 saturated heterocycles. The fourth-order valence-corrected chi connectivity index (χ4v) is 2.16. The molecule has 0 aliphatic heterocycles. The summed E-state index contributed by atoms with van der Waals surface area (Å²) < 4.78 is 5.72. The first-order chi connectivity index (χ1) is 10.2. The molecular weight excluding hydrogens is 264 g/mol. The van der Waals surface area contributed by atoms with Gasteiger partial charge in [0.05, 0.1) is 6.54 Å². The molecule has 0 saturated carbocycles. The van der Waals surface area contributed by atoms with Crippen LogP contribution in [0.5, 0.6) is 0 Å². The number of hydrogen-bond donors (Lipinski definition) is 1. The fourth-order valence-electron chi connectivity index (χ4n) is 2.16. The number of rotatable bonds is 3. The van der Waals surface area contributed by atoms with Gasteiger partial charge in [-0.05, 0) is 24.3 Å². The van der Waals surface area contributed by atoms with E-state index >= 15 is 0 Å². The molecule has 106 valence electrons. The smallest absolute Gasteiger partial charge is 0.321 e. The van der Waals surface area contributed by atoms with Crippen molar-refractivity contribution in [3.63, 3.8) is 0 Å². The van der Waals surface area contributed by atoms with Gasteiger partial charge >= 0.3 is 6.03 Å². The summed E-state index contributed by atoms with van der Waals surface area (Å²) in [6, 6.07) is 19.0. The molecule has 2 aromatic carbocycles. The molecule has 0 bridgehead atoms. The first-order valence-electron chi connectivity index (χ1n) is 6.77. The molecule has 0 unspecified atom stereocenters. The van der Waals surface area contributed by atoms with E-state index in [2.05, 4.69) is 5.32 Å². The number of furan rings is 1. The van der Waals surface area contributed by atoms with Gasteiger partial charge in [0, 0.05) is 18.1 Å². The zero-order chi connectivity index (χ0) is 14.7. The molecule has 4 nitrogen and oxygen atoms in total. The molecule has 1 N–H and O–H groups in total. The highest BCUT2D eigenvalue weighted by Gasteiger charge is 2.12. The van der Waals surface area contributed by atoms with Crippen molar-refractivity contribution in [2.45, 2.75) is 6.54 Å². The summed E-state index contributed by atoms with van der Waals surface area (Å²) in [4.78, 5) is 13.7. The van der Waals surface area contributed by atoms with Crippen molar-refractivity contribution in [1.29, 1.82) is 0 Å². The molecule has 1 heterocycles. The van der Waals surface area contributed by atoms with E-state index in [1.807, 2.05) is 60.7 Å². The van der Waals surface area contributed by atoms with Crippen LogP contribution in [0.2, 0.25) is 0 Å². The van der Waals surface area contributed by atoms with E-state index in [0.29, 0.717) is 6.54 Å². The molecule has 0 aliphatic rings. The quantitative estimate of drug-likeness (QED) is 0.785. The minimum atomic E-state index is -0.165. The van der Waals surface area contributed by atoms with Crippen molar-refractivity contribution in [3.8, 4) is 0 Å². The second-order valence-corrected chi connectivity index (χ2v) is 4.90. The third-order valence-corrected chi connectivity index (χ3v) is 3.24. The predicted octanol–water partition coefficient (Wildman–Crippen LogP) is 4.10. The molecule has 1 aromatic heterocycles. The van der Waals surface area contributed by atoms with Gasteiger partial charge < -0.3 is 14.6 Å². The number of anilines is 1. The van der Waals surface area contributed by atoms with Crippen LogP contribution >= 0.6 is 0 Å². The highest BCUT2D eigenvalue weighted by atomic mass is 16.3. The first kappa shape index (κ1) is 13.2. The lowest BCUT2D eigenvalue weighted by molar-refractivity contribution is 0.217. The van der Waals surface area contributed by atoms with Crippen molar-refractivity contribution in [1.82, 2.24) is 4.90 Å². The average Bonchev–Trinajstić information content (AvgIpc) is 2.90. The number of carbonyl (C=O) groups is 1. The van der Waals surface area contributed by atoms with Crippen LogP contribution in [0.25, 0.3) is 11.0 Å². The maximum atomic E-state index is 12.1. The van der Waals surface area contributed by atoms with Crippen molar-refractivity contribution in [3.05, 3.63) is 66.4 Å². The Labute approximate surface area is 123 Å². The number of nitrogens with zero attached hydrogens (tertiary/aromatic N) is 1. The average molecular weight is 280 g/mol. The van der Waals surface area contributed by atoms with Crippen molar-refractivity contribution < 1.29 is 9.21 Å². The molecule has 0 radical (unpaired) electrons. The summed E-state index contributed by atoms with van der Waals surface area (Å²) in [5, 5.41) is 3.89. The molecule has 3 rings (SSSR count). The second kappa shape index (κ2) is 5.71. The molecule has 4 heteroatoms. The third-order valence-electron chi connectivity index (χ3n) is 3.24. The van der Waals surface area contributed by atoms with Gasteiger partial charge in [-0.15, -0.1) is 0 Å². The summed E-state index contributed by atoms with van der Waals surface area (Å²) in [7, 11) is 1.74. The molecule has 3 aromatic rings. The van der Waals surface area contributed by atoms with Gasteiger partial charge in [-0.2, -0.15) is 0 Å². The van der Waals surface area contributed by atoms with Crippen LogP contribution < -0.4 is 5.32 Å². The maximum absolute atomic E-state index is 12.1. The van der Waals surface area contributed by atoms with Gasteiger partial charge in [-0.1, -0.05) is 36.4 Å². The summed E-state index contributed by atoms with van der Waals surface area (Å²) in [5.74, 6) is 0.766. The van der Waals surface area contributed by atoms with E-state index in [4.69, 9.17) is 4.42 Å². The van der Waals surface area contributed by atoms with Crippen LogP contribution in [-0.2, 0) is 6.54 Å². The SMILES string of the molecule is CN(Cc1cc2ccccc2o1)C(=O)Nc1ccccc1. The number of urea groups is 1. The number of amides is 2. The van der Waals surface area contributed by atoms with Gasteiger partial charge in [0.15, 0.2) is 0 Å². The Morgan fingerprint density at radius 2 is 1.81 bits per heavy atom. The Balaban J connectivity index is 1.67. The van der Waals surface area contributed by atoms with E-state index in [-0.39, 0.29) is 6.03 Å². The predicted molar refractivity (Wildman–Crippen MR) is 83.1 cm³/mol. The molecule has 2 amide bonds. The standard InChI is InChI=1S/C17H16N2O2/c1-19(17(20)18-14-8-3-2-4-9-14)12-15-11-13-7-5-6-10-16(13)21-15/h2-11H,12H2,1H3,(H,18,20). The van der Waals surface area contributed by atoms with E-state index in [1.54, 1.807) is 11.9 Å². The number of hydrogen-bond acceptors (Lipinski definition) is 2. The lowest BCUT2D eigenvalue weighted by Crippen LogP contribution is -2.30. The van der Waals surface area contributed by atoms with Crippen molar-refractivity contribution in [2.75, 3.05) is 12.4 Å². The highest BCUT2D eigenvalue weighted by molar-refractivity contribution is 5.89. The summed E-state index contributed by atoms with van der Waals surface area (Å²) in [6.07, 6.45) is 0. The van der Waals surface area contributed by atoms with E-state index < -0.39 is 0 Å². The van der Waals surface area contributed by atoms with Crippen LogP contribution in [0.1, 0.15) is 5.76 Å². The van der Waals surface area contributed by atoms with Crippen LogP contribution in [-0.4, -0.2) is 18.0 Å². The molecule has 0 atom stereocenters. The van der Waals surface area contributed by atoms with Gasteiger partial charge in [0.25, 0.3) is 0 Å². The largest absolute Gasteiger partial charge is 0.459 e. The lowest BCUT2D eigenvalue weighted by Gasteiger charge is -2.16. The monoisotopic (exact) mass is 280 g/mol. The van der Waals surface area contributed by atoms with Crippen LogP contribution in [0.3, 0.4) is 0 Å². The molecule has 0 spiro atoms. The van der Waals surface area contributed by atoms with E-state index in [9.17, 15) is 4.79 Å². The number of benzene rings is 2. The number of carbonyl (C=O) groups excluding carboxylic acids is 1. The minimum Gasteiger partial charge on any atom is -0.459 e. The van der Waals surface area contributed by atoms with Crippen LogP contribution in [0.4, 0.5) is 10.5 Å². The van der Waals surface area contributed by atoms with Gasteiger partial charge in [0.1, 0.15) is 11.3 Å². The zero-order valence-electron chi connectivity index (χ0n) is 11.7. The Bertz CT molecular complexity index is 717. The Hall–Kier alpha value is -2.75. The van der Waals surface area contributed by atoms with E-state index in [0.717, 1.165) is 22.4 Å². The number of fused-ring (bicyclic) bond motifs is 1. The Morgan fingerprint density at radius 1 is 1.10 bits per heavy atom. The lowest BCUT2D eigenvalue weighted by atomic mass is 10.2. The zero-order valence-corrected chi connectivity index (χ0v) is 11.7. The molecule has 0 fully saturated rings. The summed E-state index contributed by atoms with van der Waals surface area (Å²) >= 11 is 0. The van der Waals surface area contributed by atoms with Crippen LogP contribution in [0, 0.1) is 0 Å².